The number of halogens is 1. The number of nitrogens with zero attached hydrogens (tertiary/aromatic N) is 1. The predicted octanol–water partition coefficient (Wildman–Crippen LogP) is 4.43. The van der Waals surface area contributed by atoms with Crippen LogP contribution in [0.15, 0.2) is 47.5 Å². The standard InChI is InChI=1S/C24H35N3O3.HI/c1-5-25-24(27-17-22-11-10-19(3)14-23(22)28-4)26-16-20-8-7-9-21(15-20)18-30-13-12-29-6-2;/h7-11,14-15H,5-6,12-13,16-18H2,1-4H3,(H2,25,26,27);1H. The number of nitrogens with one attached hydrogen (secondary N) is 2. The summed E-state index contributed by atoms with van der Waals surface area (Å²) in [7, 11) is 1.70. The zero-order chi connectivity index (χ0) is 21.6. The number of hydrogen-bond acceptors (Lipinski definition) is 4. The second kappa shape index (κ2) is 15.9. The maximum absolute atomic E-state index is 5.66. The molecule has 0 fully saturated rings. The van der Waals surface area contributed by atoms with Crippen LogP contribution in [0.5, 0.6) is 5.75 Å². The van der Waals surface area contributed by atoms with Crippen LogP contribution in [0.3, 0.4) is 0 Å². The first kappa shape index (κ1) is 27.2. The highest BCUT2D eigenvalue weighted by atomic mass is 127. The van der Waals surface area contributed by atoms with Crippen LogP contribution in [0.4, 0.5) is 0 Å². The summed E-state index contributed by atoms with van der Waals surface area (Å²) in [6.45, 7) is 10.7. The lowest BCUT2D eigenvalue weighted by molar-refractivity contribution is 0.0453. The Kier molecular flexibility index (Phi) is 13.9. The van der Waals surface area contributed by atoms with E-state index in [-0.39, 0.29) is 24.0 Å². The average molecular weight is 541 g/mol. The van der Waals surface area contributed by atoms with E-state index in [9.17, 15) is 0 Å². The first-order valence-electron chi connectivity index (χ1n) is 10.5. The normalized spacial score (nSPS) is 11.0. The quantitative estimate of drug-likeness (QED) is 0.180. The van der Waals surface area contributed by atoms with E-state index in [1.807, 2.05) is 19.1 Å². The predicted molar refractivity (Wildman–Crippen MR) is 137 cm³/mol. The van der Waals surface area contributed by atoms with Gasteiger partial charge in [0.2, 0.25) is 0 Å². The fourth-order valence-electron chi connectivity index (χ4n) is 2.96. The summed E-state index contributed by atoms with van der Waals surface area (Å²) < 4.78 is 16.4. The molecule has 31 heavy (non-hydrogen) atoms. The van der Waals surface area contributed by atoms with Crippen molar-refractivity contribution in [2.45, 2.75) is 40.5 Å². The van der Waals surface area contributed by atoms with Crippen LogP contribution in [-0.2, 0) is 29.2 Å². The topological polar surface area (TPSA) is 64.1 Å². The molecule has 0 atom stereocenters. The Bertz CT molecular complexity index is 799. The molecule has 2 N–H and O–H groups in total. The molecule has 0 spiro atoms. The molecule has 0 heterocycles. The van der Waals surface area contributed by atoms with Gasteiger partial charge in [0.05, 0.1) is 33.5 Å². The van der Waals surface area contributed by atoms with Crippen molar-refractivity contribution in [3.8, 4) is 5.75 Å². The summed E-state index contributed by atoms with van der Waals surface area (Å²) >= 11 is 0. The highest BCUT2D eigenvalue weighted by molar-refractivity contribution is 14.0. The van der Waals surface area contributed by atoms with Gasteiger partial charge in [-0.2, -0.15) is 0 Å². The monoisotopic (exact) mass is 541 g/mol. The molecular formula is C24H36IN3O3. The van der Waals surface area contributed by atoms with Gasteiger partial charge in [-0.15, -0.1) is 24.0 Å². The Morgan fingerprint density at radius 2 is 1.74 bits per heavy atom. The number of rotatable bonds is 12. The van der Waals surface area contributed by atoms with Crippen LogP contribution in [0, 0.1) is 6.92 Å². The second-order valence-corrected chi connectivity index (χ2v) is 6.93. The largest absolute Gasteiger partial charge is 0.496 e. The maximum atomic E-state index is 5.66. The van der Waals surface area contributed by atoms with Gasteiger partial charge in [-0.3, -0.25) is 0 Å². The van der Waals surface area contributed by atoms with Crippen LogP contribution in [0.2, 0.25) is 0 Å². The van der Waals surface area contributed by atoms with Crippen molar-refractivity contribution in [1.82, 2.24) is 10.6 Å². The molecule has 0 unspecified atom stereocenters. The third kappa shape index (κ3) is 10.3. The van der Waals surface area contributed by atoms with Crippen LogP contribution in [-0.4, -0.2) is 39.4 Å². The summed E-state index contributed by atoms with van der Waals surface area (Å²) in [5, 5.41) is 6.69. The molecular weight excluding hydrogens is 505 g/mol. The van der Waals surface area contributed by atoms with E-state index < -0.39 is 0 Å². The number of benzene rings is 2. The van der Waals surface area contributed by atoms with Gasteiger partial charge in [-0.1, -0.05) is 36.4 Å². The van der Waals surface area contributed by atoms with Crippen molar-refractivity contribution < 1.29 is 14.2 Å². The Morgan fingerprint density at radius 3 is 2.48 bits per heavy atom. The van der Waals surface area contributed by atoms with Gasteiger partial charge in [0.15, 0.2) is 5.96 Å². The molecule has 0 amide bonds. The summed E-state index contributed by atoms with van der Waals surface area (Å²) in [5.74, 6) is 1.66. The van der Waals surface area contributed by atoms with Gasteiger partial charge in [0.1, 0.15) is 5.75 Å². The number of guanidine groups is 1. The van der Waals surface area contributed by atoms with E-state index in [0.29, 0.717) is 32.9 Å². The molecule has 0 radical (unpaired) electrons. The van der Waals surface area contributed by atoms with Gasteiger partial charge >= 0.3 is 0 Å². The molecule has 0 saturated carbocycles. The third-order valence-electron chi connectivity index (χ3n) is 4.49. The van der Waals surface area contributed by atoms with Crippen LogP contribution < -0.4 is 15.4 Å². The third-order valence-corrected chi connectivity index (χ3v) is 4.49. The number of hydrogen-bond donors (Lipinski definition) is 2. The fourth-order valence-corrected chi connectivity index (χ4v) is 2.96. The molecule has 0 aromatic heterocycles. The molecule has 6 nitrogen and oxygen atoms in total. The highest BCUT2D eigenvalue weighted by Gasteiger charge is 2.05. The molecule has 0 aliphatic rings. The van der Waals surface area contributed by atoms with Crippen molar-refractivity contribution in [3.63, 3.8) is 0 Å². The van der Waals surface area contributed by atoms with E-state index in [0.717, 1.165) is 41.6 Å². The Labute approximate surface area is 203 Å². The average Bonchev–Trinajstić information content (AvgIpc) is 2.76. The molecule has 0 aliphatic carbocycles. The first-order chi connectivity index (χ1) is 14.7. The number of ether oxygens (including phenoxy) is 3. The zero-order valence-corrected chi connectivity index (χ0v) is 21.4. The van der Waals surface area contributed by atoms with Gasteiger partial charge in [0, 0.05) is 25.3 Å². The summed E-state index contributed by atoms with van der Waals surface area (Å²) in [4.78, 5) is 4.73. The Morgan fingerprint density at radius 1 is 0.968 bits per heavy atom. The van der Waals surface area contributed by atoms with Crippen LogP contribution in [0.1, 0.15) is 36.1 Å². The molecule has 2 aromatic rings. The molecule has 0 bridgehead atoms. The van der Waals surface area contributed by atoms with E-state index in [1.54, 1.807) is 7.11 Å². The smallest absolute Gasteiger partial charge is 0.191 e. The van der Waals surface area contributed by atoms with Crippen molar-refractivity contribution in [2.24, 2.45) is 4.99 Å². The lowest BCUT2D eigenvalue weighted by Crippen LogP contribution is -2.36. The van der Waals surface area contributed by atoms with Crippen molar-refractivity contribution >= 4 is 29.9 Å². The Hall–Kier alpha value is -1.84. The SMILES string of the molecule is CCNC(=NCc1cccc(COCCOCC)c1)NCc1ccc(C)cc1OC.I. The molecule has 0 saturated heterocycles. The van der Waals surface area contributed by atoms with Crippen molar-refractivity contribution in [2.75, 3.05) is 33.5 Å². The van der Waals surface area contributed by atoms with E-state index >= 15 is 0 Å². The second-order valence-electron chi connectivity index (χ2n) is 6.93. The summed E-state index contributed by atoms with van der Waals surface area (Å²) in [6, 6.07) is 14.6. The van der Waals surface area contributed by atoms with Gasteiger partial charge in [-0.25, -0.2) is 4.99 Å². The summed E-state index contributed by atoms with van der Waals surface area (Å²) in [6.07, 6.45) is 0. The van der Waals surface area contributed by atoms with Crippen molar-refractivity contribution in [3.05, 3.63) is 64.7 Å². The highest BCUT2D eigenvalue weighted by Crippen LogP contribution is 2.19. The molecule has 172 valence electrons. The lowest BCUT2D eigenvalue weighted by Gasteiger charge is -2.14. The zero-order valence-electron chi connectivity index (χ0n) is 19.1. The molecule has 2 aromatic carbocycles. The molecule has 7 heteroatoms. The lowest BCUT2D eigenvalue weighted by atomic mass is 10.1. The number of aliphatic imine (C=N–C) groups is 1. The fraction of sp³-hybridized carbons (Fsp3) is 0.458. The number of methoxy groups -OCH3 is 1. The summed E-state index contributed by atoms with van der Waals surface area (Å²) in [5.41, 5.74) is 4.56. The van der Waals surface area contributed by atoms with Gasteiger partial charge < -0.3 is 24.8 Å². The number of aryl methyl sites for hydroxylation is 1. The van der Waals surface area contributed by atoms with Gasteiger partial charge in [-0.05, 0) is 43.5 Å². The maximum Gasteiger partial charge on any atom is 0.191 e. The van der Waals surface area contributed by atoms with E-state index in [2.05, 4.69) is 54.8 Å². The first-order valence-corrected chi connectivity index (χ1v) is 10.5. The minimum absolute atomic E-state index is 0. The minimum Gasteiger partial charge on any atom is -0.496 e. The van der Waals surface area contributed by atoms with E-state index in [1.165, 1.54) is 5.56 Å². The minimum atomic E-state index is 0. The van der Waals surface area contributed by atoms with Crippen LogP contribution in [0.25, 0.3) is 0 Å². The van der Waals surface area contributed by atoms with Crippen LogP contribution >= 0.6 is 24.0 Å². The van der Waals surface area contributed by atoms with Gasteiger partial charge in [0.25, 0.3) is 0 Å². The van der Waals surface area contributed by atoms with Crippen molar-refractivity contribution in [1.29, 1.82) is 0 Å². The Balaban J connectivity index is 0.00000480. The van der Waals surface area contributed by atoms with E-state index in [4.69, 9.17) is 19.2 Å². The molecule has 0 aliphatic heterocycles. The molecule has 2 rings (SSSR count).